The molecule has 0 fully saturated rings. The number of hydrazone groups is 1. The van der Waals surface area contributed by atoms with E-state index in [1.165, 1.54) is 11.3 Å². The van der Waals surface area contributed by atoms with Crippen molar-refractivity contribution in [3.05, 3.63) is 21.9 Å². The molecule has 1 rings (SSSR count). The second-order valence-corrected chi connectivity index (χ2v) is 5.64. The average molecular weight is 327 g/mol. The number of carbonyl (C=O) groups is 3. The van der Waals surface area contributed by atoms with Crippen molar-refractivity contribution in [3.8, 4) is 0 Å². The summed E-state index contributed by atoms with van der Waals surface area (Å²) in [6, 6.07) is 2.61. The second kappa shape index (κ2) is 8.78. The summed E-state index contributed by atoms with van der Waals surface area (Å²) in [6.07, 6.45) is 1.50. The number of carboxylic acids is 2. The van der Waals surface area contributed by atoms with Gasteiger partial charge in [0, 0.05) is 11.3 Å². The molecule has 0 aliphatic carbocycles. The van der Waals surface area contributed by atoms with Crippen molar-refractivity contribution >= 4 is 35.0 Å². The Kier molecular flexibility index (Phi) is 7.03. The van der Waals surface area contributed by atoms with Crippen molar-refractivity contribution < 1.29 is 24.6 Å². The zero-order valence-electron chi connectivity index (χ0n) is 11.7. The van der Waals surface area contributed by atoms with Crippen molar-refractivity contribution in [2.45, 2.75) is 32.1 Å². The number of aliphatic carboxylic acids is 2. The molecule has 2 amide bonds. The quantitative estimate of drug-likeness (QED) is 0.308. The Labute approximate surface area is 130 Å². The zero-order valence-corrected chi connectivity index (χ0v) is 12.6. The van der Waals surface area contributed by atoms with Crippen LogP contribution >= 0.6 is 11.3 Å². The van der Waals surface area contributed by atoms with Gasteiger partial charge in [-0.3, -0.25) is 9.59 Å². The van der Waals surface area contributed by atoms with E-state index in [2.05, 4.69) is 10.5 Å². The largest absolute Gasteiger partial charge is 0.481 e. The van der Waals surface area contributed by atoms with E-state index in [9.17, 15) is 14.4 Å². The molecule has 0 radical (unpaired) electrons. The minimum atomic E-state index is -0.927. The minimum absolute atomic E-state index is 0.0607. The molecule has 1 aromatic rings. The van der Waals surface area contributed by atoms with Crippen LogP contribution in [0.1, 0.15) is 35.4 Å². The molecule has 120 valence electrons. The molecule has 22 heavy (non-hydrogen) atoms. The highest BCUT2D eigenvalue weighted by Gasteiger charge is 2.11. The number of hydrogen-bond donors (Lipinski definition) is 4. The van der Waals surface area contributed by atoms with Crippen LogP contribution in [0.5, 0.6) is 0 Å². The monoisotopic (exact) mass is 327 g/mol. The number of hydrogen-bond acceptors (Lipinski definition) is 5. The predicted octanol–water partition coefficient (Wildman–Crippen LogP) is 1.39. The van der Waals surface area contributed by atoms with Crippen molar-refractivity contribution in [1.29, 1.82) is 0 Å². The number of amides is 2. The Morgan fingerprint density at radius 3 is 2.41 bits per heavy atom. The van der Waals surface area contributed by atoms with Crippen LogP contribution < -0.4 is 11.2 Å². The van der Waals surface area contributed by atoms with E-state index >= 15 is 0 Å². The zero-order chi connectivity index (χ0) is 16.5. The van der Waals surface area contributed by atoms with Crippen LogP contribution in [-0.2, 0) is 16.0 Å². The fourth-order valence-corrected chi connectivity index (χ4v) is 2.72. The first-order valence-electron chi connectivity index (χ1n) is 6.53. The van der Waals surface area contributed by atoms with Gasteiger partial charge in [-0.05, 0) is 31.4 Å². The first-order valence-corrected chi connectivity index (χ1v) is 7.35. The molecule has 0 aliphatic rings. The number of thiophene rings is 1. The molecule has 1 heterocycles. The number of unbranched alkanes of at least 4 members (excludes halogenated alkanes) is 1. The molecule has 1 aromatic heterocycles. The summed E-state index contributed by atoms with van der Waals surface area (Å²) in [5, 5.41) is 21.3. The molecule has 0 aromatic carbocycles. The standard InChI is InChI=1S/C13H17N3O5S/c14-13(21)16-15-9(3-1-2-4-11(17)18)10-6-5-8(22-10)7-12(19)20/h5-6H,1-4,7H2,(H,17,18)(H,19,20)(H3,14,16,21)/b15-9-. The van der Waals surface area contributed by atoms with E-state index < -0.39 is 18.0 Å². The average Bonchev–Trinajstić information content (AvgIpc) is 2.84. The number of nitrogens with one attached hydrogen (secondary N) is 1. The third kappa shape index (κ3) is 6.84. The van der Waals surface area contributed by atoms with Crippen LogP contribution in [-0.4, -0.2) is 33.9 Å². The predicted molar refractivity (Wildman–Crippen MR) is 81.0 cm³/mol. The smallest absolute Gasteiger partial charge is 0.332 e. The van der Waals surface area contributed by atoms with E-state index in [-0.39, 0.29) is 12.8 Å². The van der Waals surface area contributed by atoms with Gasteiger partial charge < -0.3 is 15.9 Å². The maximum Gasteiger partial charge on any atom is 0.332 e. The highest BCUT2D eigenvalue weighted by molar-refractivity contribution is 7.14. The summed E-state index contributed by atoms with van der Waals surface area (Å²) in [5.74, 6) is -1.79. The van der Waals surface area contributed by atoms with E-state index in [1.54, 1.807) is 12.1 Å². The van der Waals surface area contributed by atoms with Crippen molar-refractivity contribution in [2.75, 3.05) is 0 Å². The van der Waals surface area contributed by atoms with Gasteiger partial charge in [-0.2, -0.15) is 5.10 Å². The first kappa shape index (κ1) is 17.6. The highest BCUT2D eigenvalue weighted by atomic mass is 32.1. The topological polar surface area (TPSA) is 142 Å². The summed E-state index contributed by atoms with van der Waals surface area (Å²) in [5.41, 5.74) is 7.67. The van der Waals surface area contributed by atoms with E-state index in [1.807, 2.05) is 0 Å². The Morgan fingerprint density at radius 2 is 1.82 bits per heavy atom. The summed E-state index contributed by atoms with van der Waals surface area (Å²) >= 11 is 1.27. The molecule has 9 heteroatoms. The molecular weight excluding hydrogens is 310 g/mol. The van der Waals surface area contributed by atoms with Gasteiger partial charge >= 0.3 is 18.0 Å². The lowest BCUT2D eigenvalue weighted by atomic mass is 10.1. The Bertz CT molecular complexity index is 582. The van der Waals surface area contributed by atoms with Gasteiger partial charge in [-0.15, -0.1) is 11.3 Å². The molecule has 0 saturated carbocycles. The van der Waals surface area contributed by atoms with Crippen LogP contribution in [0.2, 0.25) is 0 Å². The van der Waals surface area contributed by atoms with Gasteiger partial charge in [0.15, 0.2) is 0 Å². The van der Waals surface area contributed by atoms with Crippen LogP contribution in [0.4, 0.5) is 4.79 Å². The molecule has 0 unspecified atom stereocenters. The van der Waals surface area contributed by atoms with Crippen LogP contribution in [0, 0.1) is 0 Å². The molecule has 0 atom stereocenters. The Hall–Kier alpha value is -2.42. The lowest BCUT2D eigenvalue weighted by molar-refractivity contribution is -0.137. The maximum absolute atomic E-state index is 10.8. The van der Waals surface area contributed by atoms with Gasteiger partial charge in [0.05, 0.1) is 17.0 Å². The number of primary amides is 1. The number of carbonyl (C=O) groups excluding carboxylic acids is 1. The molecular formula is C13H17N3O5S. The number of carboxylic acid groups (broad SMARTS) is 2. The summed E-state index contributed by atoms with van der Waals surface area (Å²) in [4.78, 5) is 33.3. The minimum Gasteiger partial charge on any atom is -0.481 e. The van der Waals surface area contributed by atoms with Crippen LogP contribution in [0.3, 0.4) is 0 Å². The number of urea groups is 1. The van der Waals surface area contributed by atoms with Crippen LogP contribution in [0.25, 0.3) is 0 Å². The molecule has 0 spiro atoms. The summed E-state index contributed by atoms with van der Waals surface area (Å²) in [6.45, 7) is 0. The van der Waals surface area contributed by atoms with E-state index in [0.717, 1.165) is 4.88 Å². The molecule has 0 bridgehead atoms. The fourth-order valence-electron chi connectivity index (χ4n) is 1.70. The van der Waals surface area contributed by atoms with Gasteiger partial charge in [0.25, 0.3) is 0 Å². The lowest BCUT2D eigenvalue weighted by Crippen LogP contribution is -2.25. The summed E-state index contributed by atoms with van der Waals surface area (Å²) < 4.78 is 0. The number of nitrogens with two attached hydrogens (primary N) is 1. The Balaban J connectivity index is 2.74. The lowest BCUT2D eigenvalue weighted by Gasteiger charge is -2.04. The Morgan fingerprint density at radius 1 is 1.14 bits per heavy atom. The van der Waals surface area contributed by atoms with Crippen LogP contribution in [0.15, 0.2) is 17.2 Å². The molecule has 8 nitrogen and oxygen atoms in total. The second-order valence-electron chi connectivity index (χ2n) is 4.47. The highest BCUT2D eigenvalue weighted by Crippen LogP contribution is 2.20. The fraction of sp³-hybridized carbons (Fsp3) is 0.385. The van der Waals surface area contributed by atoms with Crippen molar-refractivity contribution in [1.82, 2.24) is 5.43 Å². The number of rotatable bonds is 9. The first-order chi connectivity index (χ1) is 10.4. The van der Waals surface area contributed by atoms with Gasteiger partial charge in [0.1, 0.15) is 0 Å². The molecule has 5 N–H and O–H groups in total. The van der Waals surface area contributed by atoms with Gasteiger partial charge in [0.2, 0.25) is 0 Å². The van der Waals surface area contributed by atoms with Crippen molar-refractivity contribution in [3.63, 3.8) is 0 Å². The molecule has 0 aliphatic heterocycles. The van der Waals surface area contributed by atoms with Gasteiger partial charge in [-0.25, -0.2) is 10.2 Å². The van der Waals surface area contributed by atoms with E-state index in [4.69, 9.17) is 15.9 Å². The summed E-state index contributed by atoms with van der Waals surface area (Å²) in [7, 11) is 0. The van der Waals surface area contributed by atoms with Gasteiger partial charge in [-0.1, -0.05) is 0 Å². The van der Waals surface area contributed by atoms with E-state index in [0.29, 0.717) is 29.9 Å². The maximum atomic E-state index is 10.8. The number of nitrogens with zero attached hydrogens (tertiary/aromatic N) is 1. The third-order valence-corrected chi connectivity index (χ3v) is 3.76. The SMILES string of the molecule is NC(=O)N/N=C(/CCCCC(=O)O)c1ccc(CC(=O)O)s1. The van der Waals surface area contributed by atoms with Crippen molar-refractivity contribution in [2.24, 2.45) is 10.8 Å². The normalized spacial score (nSPS) is 11.2. The molecule has 0 saturated heterocycles. The third-order valence-electron chi connectivity index (χ3n) is 2.63.